The van der Waals surface area contributed by atoms with Crippen molar-refractivity contribution in [2.45, 2.75) is 44.9 Å². The van der Waals surface area contributed by atoms with E-state index in [2.05, 4.69) is 5.32 Å². The number of alkyl halides is 3. The molecule has 0 bridgehead atoms. The Labute approximate surface area is 195 Å². The summed E-state index contributed by atoms with van der Waals surface area (Å²) in [5, 5.41) is 3.17. The lowest BCUT2D eigenvalue weighted by atomic mass is 9.78. The molecule has 5 nitrogen and oxygen atoms in total. The molecule has 1 aliphatic carbocycles. The van der Waals surface area contributed by atoms with Crippen LogP contribution in [0, 0.1) is 0 Å². The Bertz CT molecular complexity index is 1200. The Morgan fingerprint density at radius 2 is 1.79 bits per heavy atom. The van der Waals surface area contributed by atoms with Crippen LogP contribution in [-0.2, 0) is 27.1 Å². The van der Waals surface area contributed by atoms with E-state index in [1.54, 1.807) is 14.0 Å². The molecular formula is C26H24F3NO4. The highest BCUT2D eigenvalue weighted by atomic mass is 19.4. The molecule has 0 spiro atoms. The van der Waals surface area contributed by atoms with Crippen LogP contribution in [0.5, 0.6) is 5.75 Å². The lowest BCUT2D eigenvalue weighted by Gasteiger charge is -2.32. The molecule has 0 unspecified atom stereocenters. The van der Waals surface area contributed by atoms with E-state index in [0.717, 1.165) is 23.1 Å². The number of nitrogens with one attached hydrogen (secondary N) is 1. The number of benzene rings is 2. The number of esters is 1. The molecule has 1 aliphatic heterocycles. The number of ether oxygens (including phenoxy) is 2. The Morgan fingerprint density at radius 3 is 2.53 bits per heavy atom. The van der Waals surface area contributed by atoms with Crippen molar-refractivity contribution in [2.24, 2.45) is 0 Å². The molecule has 0 fully saturated rings. The van der Waals surface area contributed by atoms with Crippen LogP contribution in [0.4, 0.5) is 13.2 Å². The van der Waals surface area contributed by atoms with Crippen LogP contribution in [0.15, 0.2) is 71.1 Å². The largest absolute Gasteiger partial charge is 0.496 e. The summed E-state index contributed by atoms with van der Waals surface area (Å²) in [4.78, 5) is 25.7. The van der Waals surface area contributed by atoms with Crippen molar-refractivity contribution in [3.8, 4) is 5.75 Å². The molecule has 2 aromatic rings. The number of rotatable bonds is 5. The minimum Gasteiger partial charge on any atom is -0.496 e. The third-order valence-corrected chi connectivity index (χ3v) is 6.23. The van der Waals surface area contributed by atoms with Crippen molar-refractivity contribution in [1.82, 2.24) is 5.32 Å². The molecule has 0 aromatic heterocycles. The van der Waals surface area contributed by atoms with E-state index < -0.39 is 24.3 Å². The first-order valence-corrected chi connectivity index (χ1v) is 10.9. The summed E-state index contributed by atoms with van der Waals surface area (Å²) in [7, 11) is 1.59. The molecule has 0 radical (unpaired) electrons. The standard InChI is InChI=1S/C26H24F3NO4/c1-15-19(25(32)34-14-16-7-3-5-9-21(16)26(27,28)29)13-20-22(30-15)11-17(12-23(20)31)18-8-4-6-10-24(18)33-2/h3-10,17,30H,11-14H2,1-2H3/t17-/m1/s1. The van der Waals surface area contributed by atoms with Gasteiger partial charge in [0, 0.05) is 41.3 Å². The van der Waals surface area contributed by atoms with Crippen molar-refractivity contribution >= 4 is 11.8 Å². The van der Waals surface area contributed by atoms with Gasteiger partial charge in [-0.2, -0.15) is 13.2 Å². The molecule has 1 heterocycles. The first-order valence-electron chi connectivity index (χ1n) is 10.9. The number of methoxy groups -OCH3 is 1. The predicted molar refractivity (Wildman–Crippen MR) is 119 cm³/mol. The summed E-state index contributed by atoms with van der Waals surface area (Å²) >= 11 is 0. The number of Topliss-reactive ketones (excluding diaryl/α,β-unsaturated/α-hetero) is 1. The minimum atomic E-state index is -4.54. The Balaban J connectivity index is 1.48. The highest BCUT2D eigenvalue weighted by molar-refractivity contribution is 6.01. The maximum absolute atomic E-state index is 13.2. The summed E-state index contributed by atoms with van der Waals surface area (Å²) in [6, 6.07) is 12.5. The van der Waals surface area contributed by atoms with Gasteiger partial charge in [0.05, 0.1) is 18.2 Å². The van der Waals surface area contributed by atoms with Gasteiger partial charge in [0.2, 0.25) is 0 Å². The SMILES string of the molecule is COc1ccccc1[C@H]1CC(=O)C2=C(C1)NC(C)=C(C(=O)OCc1ccccc1C(F)(F)F)C2. The molecule has 34 heavy (non-hydrogen) atoms. The fraction of sp³-hybridized carbons (Fsp3) is 0.308. The van der Waals surface area contributed by atoms with Gasteiger partial charge in [-0.25, -0.2) is 4.79 Å². The van der Waals surface area contributed by atoms with Crippen LogP contribution >= 0.6 is 0 Å². The van der Waals surface area contributed by atoms with Crippen LogP contribution < -0.4 is 10.1 Å². The maximum atomic E-state index is 13.2. The summed E-state index contributed by atoms with van der Waals surface area (Å²) in [5.41, 5.74) is 2.02. The zero-order valence-electron chi connectivity index (χ0n) is 18.8. The van der Waals surface area contributed by atoms with Crippen molar-refractivity contribution in [2.75, 3.05) is 7.11 Å². The second-order valence-corrected chi connectivity index (χ2v) is 8.36. The van der Waals surface area contributed by atoms with E-state index in [-0.39, 0.29) is 35.7 Å². The third kappa shape index (κ3) is 4.71. The molecule has 0 amide bonds. The van der Waals surface area contributed by atoms with Crippen molar-refractivity contribution < 1.29 is 32.2 Å². The molecule has 178 valence electrons. The van der Waals surface area contributed by atoms with Gasteiger partial charge in [-0.1, -0.05) is 36.4 Å². The zero-order chi connectivity index (χ0) is 24.5. The number of hydrogen-bond donors (Lipinski definition) is 1. The van der Waals surface area contributed by atoms with Crippen LogP contribution in [0.2, 0.25) is 0 Å². The van der Waals surface area contributed by atoms with E-state index >= 15 is 0 Å². The number of dihydropyridines is 1. The van der Waals surface area contributed by atoms with Gasteiger partial charge >= 0.3 is 12.1 Å². The Kier molecular flexibility index (Phi) is 6.50. The van der Waals surface area contributed by atoms with E-state index in [4.69, 9.17) is 9.47 Å². The Morgan fingerprint density at radius 1 is 1.09 bits per heavy atom. The lowest BCUT2D eigenvalue weighted by Crippen LogP contribution is -2.31. The predicted octanol–water partition coefficient (Wildman–Crippen LogP) is 5.43. The number of allylic oxidation sites excluding steroid dienone is 3. The van der Waals surface area contributed by atoms with Crippen LogP contribution in [-0.4, -0.2) is 18.9 Å². The molecule has 1 N–H and O–H groups in total. The number of carbonyl (C=O) groups is 2. The maximum Gasteiger partial charge on any atom is 0.416 e. The second kappa shape index (κ2) is 9.37. The van der Waals surface area contributed by atoms with Crippen molar-refractivity contribution in [1.29, 1.82) is 0 Å². The fourth-order valence-corrected chi connectivity index (χ4v) is 4.50. The summed E-state index contributed by atoms with van der Waals surface area (Å²) in [6.45, 7) is 1.18. The molecule has 0 saturated heterocycles. The van der Waals surface area contributed by atoms with Gasteiger partial charge in [0.25, 0.3) is 0 Å². The van der Waals surface area contributed by atoms with Gasteiger partial charge in [0.1, 0.15) is 12.4 Å². The molecule has 2 aliphatic rings. The molecule has 1 atom stereocenters. The monoisotopic (exact) mass is 471 g/mol. The number of ketones is 1. The average Bonchev–Trinajstić information content (AvgIpc) is 2.81. The van der Waals surface area contributed by atoms with Gasteiger partial charge in [-0.05, 0) is 31.0 Å². The van der Waals surface area contributed by atoms with Crippen LogP contribution in [0.25, 0.3) is 0 Å². The number of para-hydroxylation sites is 1. The summed E-state index contributed by atoms with van der Waals surface area (Å²) in [5.74, 6) is -0.163. The smallest absolute Gasteiger partial charge is 0.416 e. The normalized spacial score (nSPS) is 18.4. The lowest BCUT2D eigenvalue weighted by molar-refractivity contribution is -0.144. The first-order chi connectivity index (χ1) is 16.2. The zero-order valence-corrected chi connectivity index (χ0v) is 18.8. The Hall–Kier alpha value is -3.55. The topological polar surface area (TPSA) is 64.6 Å². The highest BCUT2D eigenvalue weighted by Gasteiger charge is 2.36. The van der Waals surface area contributed by atoms with Crippen LogP contribution in [0.3, 0.4) is 0 Å². The van der Waals surface area contributed by atoms with E-state index in [1.807, 2.05) is 24.3 Å². The third-order valence-electron chi connectivity index (χ3n) is 6.23. The molecule has 4 rings (SSSR count). The quantitative estimate of drug-likeness (QED) is 0.590. The molecule has 8 heteroatoms. The number of halogens is 3. The van der Waals surface area contributed by atoms with Gasteiger partial charge in [0.15, 0.2) is 5.78 Å². The first kappa shape index (κ1) is 23.6. The summed E-state index contributed by atoms with van der Waals surface area (Å²) in [6.07, 6.45) is -3.59. The number of carbonyl (C=O) groups excluding carboxylic acids is 2. The molecule has 0 saturated carbocycles. The fourth-order valence-electron chi connectivity index (χ4n) is 4.50. The van der Waals surface area contributed by atoms with E-state index in [0.29, 0.717) is 17.7 Å². The van der Waals surface area contributed by atoms with Crippen molar-refractivity contribution in [3.63, 3.8) is 0 Å². The second-order valence-electron chi connectivity index (χ2n) is 8.36. The summed E-state index contributed by atoms with van der Waals surface area (Å²) < 4.78 is 50.3. The highest BCUT2D eigenvalue weighted by Crippen LogP contribution is 2.41. The molecule has 2 aromatic carbocycles. The van der Waals surface area contributed by atoms with Crippen molar-refractivity contribution in [3.05, 3.63) is 87.8 Å². The van der Waals surface area contributed by atoms with Gasteiger partial charge in [-0.3, -0.25) is 4.79 Å². The van der Waals surface area contributed by atoms with E-state index in [9.17, 15) is 22.8 Å². The van der Waals surface area contributed by atoms with E-state index in [1.165, 1.54) is 18.2 Å². The average molecular weight is 471 g/mol. The van der Waals surface area contributed by atoms with Gasteiger partial charge < -0.3 is 14.8 Å². The number of hydrogen-bond acceptors (Lipinski definition) is 5. The minimum absolute atomic E-state index is 0.0601. The van der Waals surface area contributed by atoms with Crippen LogP contribution in [0.1, 0.15) is 48.8 Å². The van der Waals surface area contributed by atoms with Gasteiger partial charge in [-0.15, -0.1) is 0 Å². The molecular weight excluding hydrogens is 447 g/mol.